The molecule has 0 saturated heterocycles. The van der Waals surface area contributed by atoms with Crippen molar-refractivity contribution in [2.24, 2.45) is 5.73 Å². The Kier molecular flexibility index (Phi) is 8.52. The molecular formula is C24H33NO3. The molecule has 0 aliphatic rings. The fraction of sp³-hybridized carbons (Fsp3) is 0.458. The van der Waals surface area contributed by atoms with Crippen LogP contribution in [0.25, 0.3) is 0 Å². The van der Waals surface area contributed by atoms with Crippen LogP contribution in [-0.2, 0) is 21.7 Å². The smallest absolute Gasteiger partial charge is 0.254 e. The van der Waals surface area contributed by atoms with Gasteiger partial charge >= 0.3 is 0 Å². The van der Waals surface area contributed by atoms with Gasteiger partial charge in [0.25, 0.3) is 5.91 Å². The fourth-order valence-electron chi connectivity index (χ4n) is 3.34. The van der Waals surface area contributed by atoms with Crippen LogP contribution in [0.3, 0.4) is 0 Å². The average Bonchev–Trinajstić information content (AvgIpc) is 2.70. The summed E-state index contributed by atoms with van der Waals surface area (Å²) in [5.41, 5.74) is 7.63. The zero-order chi connectivity index (χ0) is 20.4. The number of primary amides is 1. The zero-order valence-corrected chi connectivity index (χ0v) is 17.4. The summed E-state index contributed by atoms with van der Waals surface area (Å²) in [5, 5.41) is 0. The van der Waals surface area contributed by atoms with Gasteiger partial charge in [-0.05, 0) is 48.9 Å². The second kappa shape index (κ2) is 10.9. The van der Waals surface area contributed by atoms with E-state index in [4.69, 9.17) is 15.2 Å². The second-order valence-corrected chi connectivity index (χ2v) is 7.21. The first-order chi connectivity index (χ1) is 13.5. The number of amides is 1. The number of nitrogens with two attached hydrogens (primary N) is 1. The molecule has 28 heavy (non-hydrogen) atoms. The zero-order valence-electron chi connectivity index (χ0n) is 17.4. The summed E-state index contributed by atoms with van der Waals surface area (Å²) in [5.74, 6) is 0.405. The van der Waals surface area contributed by atoms with Crippen LogP contribution in [-0.4, -0.2) is 12.5 Å². The Bertz CT molecular complexity index is 759. The van der Waals surface area contributed by atoms with Gasteiger partial charge in [-0.15, -0.1) is 0 Å². The molecular weight excluding hydrogens is 350 g/mol. The molecule has 0 fully saturated rings. The number of aryl methyl sites for hydroxylation is 1. The molecule has 0 aliphatic carbocycles. The molecule has 0 bridgehead atoms. The summed E-state index contributed by atoms with van der Waals surface area (Å²) < 4.78 is 12.3. The Balaban J connectivity index is 2.36. The van der Waals surface area contributed by atoms with Crippen LogP contribution in [0.2, 0.25) is 0 Å². The van der Waals surface area contributed by atoms with E-state index in [-0.39, 0.29) is 0 Å². The molecule has 1 amide bonds. The summed E-state index contributed by atoms with van der Waals surface area (Å²) in [6.45, 7) is 7.09. The maximum absolute atomic E-state index is 12.7. The first-order valence-corrected chi connectivity index (χ1v) is 10.3. The Morgan fingerprint density at radius 3 is 2.36 bits per heavy atom. The lowest BCUT2D eigenvalue weighted by Gasteiger charge is -2.33. The quantitative estimate of drug-likeness (QED) is 0.508. The van der Waals surface area contributed by atoms with E-state index in [2.05, 4.69) is 13.8 Å². The summed E-state index contributed by atoms with van der Waals surface area (Å²) in [7, 11) is 0. The van der Waals surface area contributed by atoms with Crippen molar-refractivity contribution < 1.29 is 14.3 Å². The molecule has 0 aliphatic heterocycles. The number of ether oxygens (including phenoxy) is 2. The highest BCUT2D eigenvalue weighted by molar-refractivity contribution is 5.85. The molecule has 2 N–H and O–H groups in total. The third-order valence-corrected chi connectivity index (χ3v) is 5.06. The third-order valence-electron chi connectivity index (χ3n) is 5.06. The molecule has 0 radical (unpaired) electrons. The molecule has 0 heterocycles. The van der Waals surface area contributed by atoms with E-state index in [0.29, 0.717) is 19.6 Å². The number of unbranched alkanes of at least 4 members (excludes halogenated alkanes) is 2. The topological polar surface area (TPSA) is 61.5 Å². The van der Waals surface area contributed by atoms with Gasteiger partial charge in [0.05, 0.1) is 0 Å². The highest BCUT2D eigenvalue weighted by Gasteiger charge is 2.40. The van der Waals surface area contributed by atoms with Crippen LogP contribution in [0.5, 0.6) is 5.75 Å². The molecule has 2 aromatic carbocycles. The predicted molar refractivity (Wildman–Crippen MR) is 113 cm³/mol. The summed E-state index contributed by atoms with van der Waals surface area (Å²) in [4.78, 5) is 12.7. The van der Waals surface area contributed by atoms with Crippen molar-refractivity contribution in [1.29, 1.82) is 0 Å². The standard InChI is InChI=1S/C24H33NO3/c1-4-6-16-24(23(25)26,28-17-7-5-2)21-14-10-9-13-20(21)18-27-22-15-11-8-12-19(22)3/h8-15H,4-7,16-18H2,1-3H3,(H2,25,26). The minimum atomic E-state index is -1.11. The van der Waals surface area contributed by atoms with Gasteiger partial charge in [0.15, 0.2) is 5.60 Å². The Morgan fingerprint density at radius 2 is 1.68 bits per heavy atom. The molecule has 0 saturated carbocycles. The fourth-order valence-corrected chi connectivity index (χ4v) is 3.34. The lowest BCUT2D eigenvalue weighted by atomic mass is 9.84. The maximum atomic E-state index is 12.7. The van der Waals surface area contributed by atoms with E-state index in [9.17, 15) is 4.79 Å². The molecule has 4 nitrogen and oxygen atoms in total. The Morgan fingerprint density at radius 1 is 1.00 bits per heavy atom. The summed E-state index contributed by atoms with van der Waals surface area (Å²) in [6.07, 6.45) is 4.30. The van der Waals surface area contributed by atoms with Crippen LogP contribution in [0, 0.1) is 6.92 Å². The molecule has 152 valence electrons. The van der Waals surface area contributed by atoms with Gasteiger partial charge in [-0.1, -0.05) is 69.2 Å². The van der Waals surface area contributed by atoms with E-state index in [1.54, 1.807) is 0 Å². The number of hydrogen-bond acceptors (Lipinski definition) is 3. The number of rotatable bonds is 12. The van der Waals surface area contributed by atoms with E-state index in [1.807, 2.05) is 55.5 Å². The maximum Gasteiger partial charge on any atom is 0.254 e. The van der Waals surface area contributed by atoms with E-state index in [0.717, 1.165) is 48.1 Å². The van der Waals surface area contributed by atoms with Crippen LogP contribution in [0.1, 0.15) is 62.6 Å². The number of carbonyl (C=O) groups is 1. The SMILES string of the molecule is CCCCOC(CCCC)(C(N)=O)c1ccccc1COc1ccccc1C. The van der Waals surface area contributed by atoms with Crippen LogP contribution in [0.4, 0.5) is 0 Å². The Labute approximate surface area is 169 Å². The van der Waals surface area contributed by atoms with E-state index < -0.39 is 11.5 Å². The largest absolute Gasteiger partial charge is 0.489 e. The summed E-state index contributed by atoms with van der Waals surface area (Å²) in [6, 6.07) is 15.7. The van der Waals surface area contributed by atoms with Crippen molar-refractivity contribution in [2.45, 2.75) is 65.1 Å². The molecule has 2 rings (SSSR count). The van der Waals surface area contributed by atoms with Gasteiger partial charge < -0.3 is 15.2 Å². The number of hydrogen-bond donors (Lipinski definition) is 1. The van der Waals surface area contributed by atoms with E-state index in [1.165, 1.54) is 0 Å². The minimum Gasteiger partial charge on any atom is -0.489 e. The van der Waals surface area contributed by atoms with Gasteiger partial charge in [0, 0.05) is 6.61 Å². The predicted octanol–water partition coefficient (Wildman–Crippen LogP) is 5.26. The van der Waals surface area contributed by atoms with Gasteiger partial charge in [-0.2, -0.15) is 0 Å². The highest BCUT2D eigenvalue weighted by Crippen LogP contribution is 2.35. The first kappa shape index (κ1) is 22.0. The Hall–Kier alpha value is -2.33. The lowest BCUT2D eigenvalue weighted by Crippen LogP contribution is -2.44. The normalized spacial score (nSPS) is 13.1. The number of para-hydroxylation sites is 1. The van der Waals surface area contributed by atoms with Crippen molar-refractivity contribution in [3.05, 3.63) is 65.2 Å². The van der Waals surface area contributed by atoms with Crippen molar-refractivity contribution in [3.8, 4) is 5.75 Å². The van der Waals surface area contributed by atoms with Crippen molar-refractivity contribution in [3.63, 3.8) is 0 Å². The van der Waals surface area contributed by atoms with Gasteiger partial charge in [-0.3, -0.25) is 4.79 Å². The van der Waals surface area contributed by atoms with Gasteiger partial charge in [-0.25, -0.2) is 0 Å². The van der Waals surface area contributed by atoms with Crippen molar-refractivity contribution >= 4 is 5.91 Å². The van der Waals surface area contributed by atoms with Crippen molar-refractivity contribution in [2.75, 3.05) is 6.61 Å². The van der Waals surface area contributed by atoms with Gasteiger partial charge in [0.1, 0.15) is 12.4 Å². The molecule has 0 spiro atoms. The van der Waals surface area contributed by atoms with Crippen LogP contribution in [0.15, 0.2) is 48.5 Å². The van der Waals surface area contributed by atoms with Gasteiger partial charge in [0.2, 0.25) is 0 Å². The molecule has 1 atom stereocenters. The van der Waals surface area contributed by atoms with Crippen LogP contribution < -0.4 is 10.5 Å². The first-order valence-electron chi connectivity index (χ1n) is 10.3. The monoisotopic (exact) mass is 383 g/mol. The second-order valence-electron chi connectivity index (χ2n) is 7.21. The number of carbonyl (C=O) groups excluding carboxylic acids is 1. The van der Waals surface area contributed by atoms with Crippen LogP contribution >= 0.6 is 0 Å². The molecule has 0 aromatic heterocycles. The summed E-state index contributed by atoms with van der Waals surface area (Å²) >= 11 is 0. The number of benzene rings is 2. The molecule has 2 aromatic rings. The minimum absolute atomic E-state index is 0.360. The highest BCUT2D eigenvalue weighted by atomic mass is 16.5. The average molecular weight is 384 g/mol. The molecule has 1 unspecified atom stereocenters. The van der Waals surface area contributed by atoms with E-state index >= 15 is 0 Å². The van der Waals surface area contributed by atoms with Crippen molar-refractivity contribution in [1.82, 2.24) is 0 Å². The molecule has 4 heteroatoms. The lowest BCUT2D eigenvalue weighted by molar-refractivity contribution is -0.147. The third kappa shape index (κ3) is 5.35.